The Labute approximate surface area is 214 Å². The molecule has 1 N–H and O–H groups in total. The Balaban J connectivity index is 1.09. The average Bonchev–Trinajstić information content (AvgIpc) is 3.37. The predicted molar refractivity (Wildman–Crippen MR) is 140 cm³/mol. The monoisotopic (exact) mass is 487 g/mol. The lowest BCUT2D eigenvalue weighted by Gasteiger charge is -2.36. The van der Waals surface area contributed by atoms with Gasteiger partial charge in [-0.15, -0.1) is 0 Å². The number of hydrogen-bond donors (Lipinski definition) is 1. The van der Waals surface area contributed by atoms with Gasteiger partial charge in [-0.1, -0.05) is 53.7 Å². The van der Waals surface area contributed by atoms with Crippen molar-refractivity contribution in [1.82, 2.24) is 15.4 Å². The van der Waals surface area contributed by atoms with Crippen LogP contribution in [0.25, 0.3) is 0 Å². The molecule has 6 nitrogen and oxygen atoms in total. The van der Waals surface area contributed by atoms with E-state index in [1.807, 2.05) is 36.4 Å². The van der Waals surface area contributed by atoms with Crippen LogP contribution in [0.4, 0.5) is 0 Å². The maximum Gasteiger partial charge on any atom is 0.222 e. The van der Waals surface area contributed by atoms with Crippen molar-refractivity contribution in [3.8, 4) is 5.75 Å². The maximum atomic E-state index is 13.2. The van der Waals surface area contributed by atoms with Crippen molar-refractivity contribution in [2.24, 2.45) is 17.8 Å². The number of carbonyl (C=O) groups is 1. The highest BCUT2D eigenvalue weighted by atomic mass is 16.5. The Hall–Kier alpha value is -3.12. The highest BCUT2D eigenvalue weighted by Crippen LogP contribution is 2.29. The topological polar surface area (TPSA) is 67.6 Å². The van der Waals surface area contributed by atoms with Crippen LogP contribution in [0.2, 0.25) is 0 Å². The van der Waals surface area contributed by atoms with E-state index in [0.717, 1.165) is 75.5 Å². The molecule has 2 atom stereocenters. The van der Waals surface area contributed by atoms with Crippen LogP contribution in [0.5, 0.6) is 5.75 Å². The van der Waals surface area contributed by atoms with E-state index < -0.39 is 0 Å². The summed E-state index contributed by atoms with van der Waals surface area (Å²) in [4.78, 5) is 15.3. The van der Waals surface area contributed by atoms with Gasteiger partial charge in [0.25, 0.3) is 0 Å². The summed E-state index contributed by atoms with van der Waals surface area (Å²) < 4.78 is 11.3. The number of amides is 1. The van der Waals surface area contributed by atoms with Gasteiger partial charge in [-0.2, -0.15) is 0 Å². The smallest absolute Gasteiger partial charge is 0.222 e. The van der Waals surface area contributed by atoms with Gasteiger partial charge in [0.1, 0.15) is 12.4 Å². The predicted octanol–water partition coefficient (Wildman–Crippen LogP) is 4.89. The molecular formula is C30H37N3O3. The van der Waals surface area contributed by atoms with Crippen molar-refractivity contribution < 1.29 is 14.1 Å². The second-order valence-corrected chi connectivity index (χ2v) is 10.3. The zero-order valence-electron chi connectivity index (χ0n) is 21.0. The number of hydrogen-bond acceptors (Lipinski definition) is 5. The average molecular weight is 488 g/mol. The van der Waals surface area contributed by atoms with Crippen LogP contribution in [0.1, 0.15) is 42.7 Å². The van der Waals surface area contributed by atoms with Gasteiger partial charge in [-0.3, -0.25) is 4.79 Å². The van der Waals surface area contributed by atoms with Crippen molar-refractivity contribution in [2.75, 3.05) is 26.2 Å². The van der Waals surface area contributed by atoms with E-state index in [4.69, 9.17) is 9.26 Å². The van der Waals surface area contributed by atoms with Crippen LogP contribution in [0.15, 0.2) is 71.3 Å². The number of nitrogens with zero attached hydrogens (tertiary/aromatic N) is 2. The summed E-state index contributed by atoms with van der Waals surface area (Å²) in [6.45, 7) is 4.03. The van der Waals surface area contributed by atoms with Crippen LogP contribution < -0.4 is 10.1 Å². The van der Waals surface area contributed by atoms with Crippen LogP contribution >= 0.6 is 0 Å². The van der Waals surface area contributed by atoms with Crippen LogP contribution in [-0.4, -0.2) is 42.1 Å². The molecular weight excluding hydrogens is 450 g/mol. The van der Waals surface area contributed by atoms with Crippen molar-refractivity contribution in [2.45, 2.75) is 45.1 Å². The summed E-state index contributed by atoms with van der Waals surface area (Å²) in [5.41, 5.74) is 2.34. The summed E-state index contributed by atoms with van der Waals surface area (Å²) >= 11 is 0. The number of nitrogens with one attached hydrogen (secondary N) is 1. The van der Waals surface area contributed by atoms with Crippen LogP contribution in [-0.2, 0) is 24.2 Å². The fraction of sp³-hybridized carbons (Fsp3) is 0.467. The van der Waals surface area contributed by atoms with Gasteiger partial charge in [0, 0.05) is 25.6 Å². The summed E-state index contributed by atoms with van der Waals surface area (Å²) in [7, 11) is 0. The molecule has 36 heavy (non-hydrogen) atoms. The minimum atomic E-state index is 0.321. The fourth-order valence-electron chi connectivity index (χ4n) is 5.63. The van der Waals surface area contributed by atoms with Gasteiger partial charge >= 0.3 is 0 Å². The maximum absolute atomic E-state index is 13.2. The molecule has 2 aliphatic heterocycles. The molecule has 2 fully saturated rings. The first kappa shape index (κ1) is 24.6. The number of piperidine rings is 2. The molecule has 2 saturated heterocycles. The van der Waals surface area contributed by atoms with Crippen molar-refractivity contribution in [3.05, 3.63) is 83.7 Å². The van der Waals surface area contributed by atoms with Crippen molar-refractivity contribution in [3.63, 3.8) is 0 Å². The fourth-order valence-corrected chi connectivity index (χ4v) is 5.63. The van der Waals surface area contributed by atoms with E-state index in [2.05, 4.69) is 45.7 Å². The third kappa shape index (κ3) is 6.76. The lowest BCUT2D eigenvalue weighted by molar-refractivity contribution is -0.134. The molecule has 5 rings (SSSR count). The zero-order valence-corrected chi connectivity index (χ0v) is 21.0. The number of para-hydroxylation sites is 1. The van der Waals surface area contributed by atoms with Gasteiger partial charge < -0.3 is 19.5 Å². The molecule has 3 aromatic rings. The Morgan fingerprint density at radius 3 is 2.50 bits per heavy atom. The quantitative estimate of drug-likeness (QED) is 0.465. The van der Waals surface area contributed by atoms with Gasteiger partial charge in [-0.25, -0.2) is 0 Å². The number of rotatable bonds is 9. The highest BCUT2D eigenvalue weighted by Gasteiger charge is 2.31. The Bertz CT molecular complexity index is 1080. The first-order valence-corrected chi connectivity index (χ1v) is 13.4. The summed E-state index contributed by atoms with van der Waals surface area (Å²) in [5.74, 6) is 3.29. The molecule has 6 heteroatoms. The molecule has 0 unspecified atom stereocenters. The Morgan fingerprint density at radius 1 is 0.972 bits per heavy atom. The van der Waals surface area contributed by atoms with E-state index in [0.29, 0.717) is 36.7 Å². The number of carbonyl (C=O) groups excluding carboxylic acids is 1. The molecule has 190 valence electrons. The van der Waals surface area contributed by atoms with Crippen LogP contribution in [0, 0.1) is 17.8 Å². The summed E-state index contributed by atoms with van der Waals surface area (Å²) in [6.07, 6.45) is 5.81. The summed E-state index contributed by atoms with van der Waals surface area (Å²) in [5, 5.41) is 7.80. The second kappa shape index (κ2) is 12.2. The summed E-state index contributed by atoms with van der Waals surface area (Å²) in [6, 6.07) is 22.4. The molecule has 0 radical (unpaired) electrons. The zero-order chi connectivity index (χ0) is 24.6. The molecule has 0 saturated carbocycles. The van der Waals surface area contributed by atoms with E-state index in [1.165, 1.54) is 5.56 Å². The van der Waals surface area contributed by atoms with Crippen molar-refractivity contribution >= 4 is 5.91 Å². The number of benzene rings is 2. The lowest BCUT2D eigenvalue weighted by atomic mass is 9.80. The Kier molecular flexibility index (Phi) is 8.34. The first-order valence-electron chi connectivity index (χ1n) is 13.4. The van der Waals surface area contributed by atoms with Gasteiger partial charge in [0.2, 0.25) is 5.91 Å². The third-order valence-corrected chi connectivity index (χ3v) is 7.74. The Morgan fingerprint density at radius 2 is 1.72 bits per heavy atom. The van der Waals surface area contributed by atoms with E-state index in [1.54, 1.807) is 0 Å². The number of ether oxygens (including phenoxy) is 1. The molecule has 2 aromatic carbocycles. The van der Waals surface area contributed by atoms with Crippen LogP contribution in [0.3, 0.4) is 0 Å². The van der Waals surface area contributed by atoms with E-state index in [-0.39, 0.29) is 0 Å². The van der Waals surface area contributed by atoms with Gasteiger partial charge in [-0.05, 0) is 80.6 Å². The lowest BCUT2D eigenvalue weighted by Crippen LogP contribution is -2.43. The van der Waals surface area contributed by atoms with Crippen molar-refractivity contribution in [1.29, 1.82) is 0 Å². The number of likely N-dealkylation sites (tertiary alicyclic amines) is 1. The minimum absolute atomic E-state index is 0.321. The molecule has 2 aliphatic rings. The van der Waals surface area contributed by atoms with E-state index >= 15 is 0 Å². The molecule has 1 aromatic heterocycles. The molecule has 0 aliphatic carbocycles. The standard InChI is InChI=1S/C30H37N3O3/c34-30(33-15-12-24(13-16-33)17-23-7-3-1-4-8-23)19-25-11-14-31-21-26(25)18-27-20-29(36-32-27)22-35-28-9-5-2-6-10-28/h1-10,20,24-26,31H,11-19,21-22H2/t25-,26-/m0/s1. The first-order chi connectivity index (χ1) is 17.7. The molecule has 0 spiro atoms. The molecule has 1 amide bonds. The highest BCUT2D eigenvalue weighted by molar-refractivity contribution is 5.76. The SMILES string of the molecule is O=C(C[C@@H]1CCNC[C@@H]1Cc1cc(COc2ccccc2)on1)N1CCC(Cc2ccccc2)CC1. The van der Waals surface area contributed by atoms with Gasteiger partial charge in [0.15, 0.2) is 5.76 Å². The normalized spacial score (nSPS) is 20.8. The minimum Gasteiger partial charge on any atom is -0.486 e. The molecule has 3 heterocycles. The third-order valence-electron chi connectivity index (χ3n) is 7.74. The second-order valence-electron chi connectivity index (χ2n) is 10.3. The number of aromatic nitrogens is 1. The van der Waals surface area contributed by atoms with Gasteiger partial charge in [0.05, 0.1) is 5.69 Å². The largest absolute Gasteiger partial charge is 0.486 e. The van der Waals surface area contributed by atoms with E-state index in [9.17, 15) is 4.79 Å². The molecule has 0 bridgehead atoms.